The molecule has 2 N–H and O–H groups in total. The number of pyridine rings is 1. The maximum absolute atomic E-state index is 12.4. The van der Waals surface area contributed by atoms with Gasteiger partial charge in [0.05, 0.1) is 23.4 Å². The standard InChI is InChI=1S/C17H18ClN3O3/c1-10(2)20-12-6-7-19-15(9-12)16(22)21-14-8-11(17(23)24-3)4-5-13(14)18/h4-10H,1-3H3,(H,19,20)(H,21,22). The topological polar surface area (TPSA) is 80.3 Å². The van der Waals surface area contributed by atoms with E-state index in [-0.39, 0.29) is 11.7 Å². The first-order valence-corrected chi connectivity index (χ1v) is 7.70. The Kier molecular flexibility index (Phi) is 5.76. The quantitative estimate of drug-likeness (QED) is 0.808. The maximum Gasteiger partial charge on any atom is 0.337 e. The minimum atomic E-state index is -0.511. The summed E-state index contributed by atoms with van der Waals surface area (Å²) in [5.41, 5.74) is 1.63. The van der Waals surface area contributed by atoms with E-state index in [4.69, 9.17) is 11.6 Å². The zero-order valence-corrected chi connectivity index (χ0v) is 14.3. The zero-order chi connectivity index (χ0) is 17.7. The summed E-state index contributed by atoms with van der Waals surface area (Å²) in [6, 6.07) is 8.16. The van der Waals surface area contributed by atoms with Crippen LogP contribution in [-0.4, -0.2) is 30.0 Å². The number of amides is 1. The lowest BCUT2D eigenvalue weighted by atomic mass is 10.2. The number of benzene rings is 1. The van der Waals surface area contributed by atoms with Crippen LogP contribution in [0.2, 0.25) is 5.02 Å². The van der Waals surface area contributed by atoms with Crippen molar-refractivity contribution < 1.29 is 14.3 Å². The van der Waals surface area contributed by atoms with Gasteiger partial charge in [0, 0.05) is 17.9 Å². The number of hydrogen-bond acceptors (Lipinski definition) is 5. The molecule has 126 valence electrons. The largest absolute Gasteiger partial charge is 0.465 e. The highest BCUT2D eigenvalue weighted by Crippen LogP contribution is 2.24. The third kappa shape index (κ3) is 4.45. The van der Waals surface area contributed by atoms with Gasteiger partial charge < -0.3 is 15.4 Å². The van der Waals surface area contributed by atoms with Gasteiger partial charge in [0.1, 0.15) is 5.69 Å². The monoisotopic (exact) mass is 347 g/mol. The third-order valence-corrected chi connectivity index (χ3v) is 3.41. The van der Waals surface area contributed by atoms with Crippen LogP contribution in [0, 0.1) is 0 Å². The summed E-state index contributed by atoms with van der Waals surface area (Å²) in [4.78, 5) is 28.0. The molecule has 1 aromatic carbocycles. The fourth-order valence-corrected chi connectivity index (χ4v) is 2.19. The van der Waals surface area contributed by atoms with E-state index in [0.717, 1.165) is 5.69 Å². The van der Waals surface area contributed by atoms with Crippen LogP contribution in [0.4, 0.5) is 11.4 Å². The number of halogens is 1. The van der Waals surface area contributed by atoms with E-state index < -0.39 is 11.9 Å². The summed E-state index contributed by atoms with van der Waals surface area (Å²) in [5.74, 6) is -0.935. The van der Waals surface area contributed by atoms with Gasteiger partial charge in [-0.1, -0.05) is 11.6 Å². The van der Waals surface area contributed by atoms with E-state index in [1.165, 1.54) is 25.3 Å². The van der Waals surface area contributed by atoms with Gasteiger partial charge in [-0.3, -0.25) is 9.78 Å². The molecule has 0 aliphatic heterocycles. The number of rotatable bonds is 5. The van der Waals surface area contributed by atoms with Crippen molar-refractivity contribution in [1.82, 2.24) is 4.98 Å². The molecule has 0 radical (unpaired) electrons. The van der Waals surface area contributed by atoms with Crippen LogP contribution in [0.5, 0.6) is 0 Å². The molecule has 2 rings (SSSR count). The predicted molar refractivity (Wildman–Crippen MR) is 93.7 cm³/mol. The molecular weight excluding hydrogens is 330 g/mol. The first-order valence-electron chi connectivity index (χ1n) is 7.32. The SMILES string of the molecule is COC(=O)c1ccc(Cl)c(NC(=O)c2cc(NC(C)C)ccn2)c1. The van der Waals surface area contributed by atoms with Gasteiger partial charge in [-0.05, 0) is 44.2 Å². The molecule has 0 spiro atoms. The molecule has 1 amide bonds. The molecule has 24 heavy (non-hydrogen) atoms. The van der Waals surface area contributed by atoms with Gasteiger partial charge in [0.2, 0.25) is 0 Å². The van der Waals surface area contributed by atoms with E-state index in [1.54, 1.807) is 18.3 Å². The molecule has 0 aliphatic rings. The normalized spacial score (nSPS) is 10.4. The van der Waals surface area contributed by atoms with Crippen molar-refractivity contribution in [3.63, 3.8) is 0 Å². The van der Waals surface area contributed by atoms with Crippen LogP contribution < -0.4 is 10.6 Å². The van der Waals surface area contributed by atoms with Crippen LogP contribution >= 0.6 is 11.6 Å². The molecular formula is C17H18ClN3O3. The van der Waals surface area contributed by atoms with Crippen LogP contribution in [0.1, 0.15) is 34.7 Å². The lowest BCUT2D eigenvalue weighted by Gasteiger charge is -2.11. The fraction of sp³-hybridized carbons (Fsp3) is 0.235. The number of anilines is 2. The molecule has 6 nitrogen and oxygen atoms in total. The molecule has 0 atom stereocenters. The maximum atomic E-state index is 12.4. The molecule has 0 unspecified atom stereocenters. The Bertz CT molecular complexity index is 762. The molecule has 0 fully saturated rings. The lowest BCUT2D eigenvalue weighted by Crippen LogP contribution is -2.16. The van der Waals surface area contributed by atoms with Crippen LogP contribution in [0.3, 0.4) is 0 Å². The number of ether oxygens (including phenoxy) is 1. The van der Waals surface area contributed by atoms with E-state index in [9.17, 15) is 9.59 Å². The van der Waals surface area contributed by atoms with Crippen molar-refractivity contribution in [3.05, 3.63) is 52.8 Å². The van der Waals surface area contributed by atoms with Gasteiger partial charge in [-0.2, -0.15) is 0 Å². The first-order chi connectivity index (χ1) is 11.4. The molecule has 0 saturated carbocycles. The van der Waals surface area contributed by atoms with Gasteiger partial charge in [0.15, 0.2) is 0 Å². The van der Waals surface area contributed by atoms with Crippen molar-refractivity contribution >= 4 is 34.9 Å². The van der Waals surface area contributed by atoms with Crippen molar-refractivity contribution in [2.24, 2.45) is 0 Å². The highest BCUT2D eigenvalue weighted by atomic mass is 35.5. The summed E-state index contributed by atoms with van der Waals surface area (Å²) in [6.07, 6.45) is 1.55. The minimum Gasteiger partial charge on any atom is -0.465 e. The highest BCUT2D eigenvalue weighted by molar-refractivity contribution is 6.34. The lowest BCUT2D eigenvalue weighted by molar-refractivity contribution is 0.0600. The Balaban J connectivity index is 2.22. The van der Waals surface area contributed by atoms with Crippen molar-refractivity contribution in [2.45, 2.75) is 19.9 Å². The van der Waals surface area contributed by atoms with E-state index in [1.807, 2.05) is 13.8 Å². The van der Waals surface area contributed by atoms with E-state index >= 15 is 0 Å². The molecule has 0 saturated heterocycles. The Morgan fingerprint density at radius 1 is 1.21 bits per heavy atom. The Morgan fingerprint density at radius 3 is 2.62 bits per heavy atom. The van der Waals surface area contributed by atoms with Gasteiger partial charge >= 0.3 is 5.97 Å². The van der Waals surface area contributed by atoms with E-state index in [2.05, 4.69) is 20.4 Å². The molecule has 1 aromatic heterocycles. The smallest absolute Gasteiger partial charge is 0.337 e. The number of hydrogen-bond donors (Lipinski definition) is 2. The second-order valence-electron chi connectivity index (χ2n) is 5.37. The Morgan fingerprint density at radius 2 is 1.96 bits per heavy atom. The number of esters is 1. The summed E-state index contributed by atoms with van der Waals surface area (Å²) >= 11 is 6.08. The van der Waals surface area contributed by atoms with Crippen LogP contribution in [0.25, 0.3) is 0 Å². The van der Waals surface area contributed by atoms with Crippen LogP contribution in [0.15, 0.2) is 36.5 Å². The predicted octanol–water partition coefficient (Wildman–Crippen LogP) is 3.59. The number of methoxy groups -OCH3 is 1. The summed E-state index contributed by atoms with van der Waals surface area (Å²) in [6.45, 7) is 4.00. The number of nitrogens with zero attached hydrogens (tertiary/aromatic N) is 1. The zero-order valence-electron chi connectivity index (χ0n) is 13.6. The summed E-state index contributed by atoms with van der Waals surface area (Å²) in [7, 11) is 1.28. The van der Waals surface area contributed by atoms with Gasteiger partial charge in [-0.25, -0.2) is 4.79 Å². The van der Waals surface area contributed by atoms with E-state index in [0.29, 0.717) is 16.3 Å². The summed E-state index contributed by atoms with van der Waals surface area (Å²) < 4.78 is 4.66. The molecule has 7 heteroatoms. The minimum absolute atomic E-state index is 0.231. The van der Waals surface area contributed by atoms with Crippen molar-refractivity contribution in [3.8, 4) is 0 Å². The second-order valence-corrected chi connectivity index (χ2v) is 5.78. The van der Waals surface area contributed by atoms with Crippen molar-refractivity contribution in [1.29, 1.82) is 0 Å². The number of aromatic nitrogens is 1. The number of carbonyl (C=O) groups is 2. The summed E-state index contributed by atoms with van der Waals surface area (Å²) in [5, 5.41) is 6.17. The van der Waals surface area contributed by atoms with Crippen LogP contribution in [-0.2, 0) is 4.74 Å². The second kappa shape index (κ2) is 7.79. The Hall–Kier alpha value is -2.60. The average molecular weight is 348 g/mol. The number of carbonyl (C=O) groups excluding carboxylic acids is 2. The number of nitrogens with one attached hydrogen (secondary N) is 2. The Labute approximate surface area is 145 Å². The van der Waals surface area contributed by atoms with Gasteiger partial charge in [0.25, 0.3) is 5.91 Å². The average Bonchev–Trinajstić information content (AvgIpc) is 2.55. The molecule has 0 aliphatic carbocycles. The first kappa shape index (κ1) is 17.7. The molecule has 1 heterocycles. The molecule has 2 aromatic rings. The fourth-order valence-electron chi connectivity index (χ4n) is 2.03. The molecule has 0 bridgehead atoms. The van der Waals surface area contributed by atoms with Crippen molar-refractivity contribution in [2.75, 3.05) is 17.7 Å². The van der Waals surface area contributed by atoms with Gasteiger partial charge in [-0.15, -0.1) is 0 Å². The highest BCUT2D eigenvalue weighted by Gasteiger charge is 2.14. The third-order valence-electron chi connectivity index (χ3n) is 3.08.